The standard InChI is InChI=1S/C13H15N3OS/c1-7-5-11(18-9(7)3)13(17)16-12-8(2)4-10(14)6-15-12/h4-6H,14H2,1-3H3,(H,15,16,17). The molecule has 0 saturated carbocycles. The van der Waals surface area contributed by atoms with E-state index in [0.29, 0.717) is 16.4 Å². The lowest BCUT2D eigenvalue weighted by Gasteiger charge is -2.06. The molecule has 2 rings (SSSR count). The third kappa shape index (κ3) is 2.51. The van der Waals surface area contributed by atoms with Crippen LogP contribution in [0.3, 0.4) is 0 Å². The number of hydrogen-bond acceptors (Lipinski definition) is 4. The van der Waals surface area contributed by atoms with Gasteiger partial charge < -0.3 is 11.1 Å². The van der Waals surface area contributed by atoms with Gasteiger partial charge in [0.25, 0.3) is 5.91 Å². The van der Waals surface area contributed by atoms with Gasteiger partial charge in [-0.1, -0.05) is 0 Å². The van der Waals surface area contributed by atoms with Gasteiger partial charge in [-0.05, 0) is 44.0 Å². The Morgan fingerprint density at radius 1 is 1.28 bits per heavy atom. The molecule has 3 N–H and O–H groups in total. The van der Waals surface area contributed by atoms with Gasteiger partial charge in [0.15, 0.2) is 0 Å². The van der Waals surface area contributed by atoms with Crippen LogP contribution in [0.25, 0.3) is 0 Å². The third-order valence-corrected chi connectivity index (χ3v) is 3.87. The number of aromatic nitrogens is 1. The van der Waals surface area contributed by atoms with Crippen LogP contribution in [-0.2, 0) is 0 Å². The second-order valence-corrected chi connectivity index (χ2v) is 5.49. The van der Waals surface area contributed by atoms with Crippen molar-refractivity contribution in [1.82, 2.24) is 4.98 Å². The molecule has 94 valence electrons. The minimum Gasteiger partial charge on any atom is -0.397 e. The van der Waals surface area contributed by atoms with Crippen LogP contribution < -0.4 is 11.1 Å². The number of pyridine rings is 1. The lowest BCUT2D eigenvalue weighted by molar-refractivity contribution is 0.103. The summed E-state index contributed by atoms with van der Waals surface area (Å²) >= 11 is 1.49. The smallest absolute Gasteiger partial charge is 0.266 e. The van der Waals surface area contributed by atoms with Crippen LogP contribution in [0.1, 0.15) is 25.7 Å². The number of nitrogens with one attached hydrogen (secondary N) is 1. The Bertz CT molecular complexity index is 585. The van der Waals surface area contributed by atoms with Gasteiger partial charge in [0, 0.05) is 4.88 Å². The highest BCUT2D eigenvalue weighted by atomic mass is 32.1. The summed E-state index contributed by atoms with van der Waals surface area (Å²) in [5.74, 6) is 0.425. The van der Waals surface area contributed by atoms with E-state index in [0.717, 1.165) is 16.0 Å². The molecule has 0 aliphatic carbocycles. The number of amides is 1. The topological polar surface area (TPSA) is 68.0 Å². The molecule has 2 aromatic rings. The Morgan fingerprint density at radius 3 is 2.56 bits per heavy atom. The molecule has 1 amide bonds. The molecule has 5 heteroatoms. The second kappa shape index (κ2) is 4.78. The van der Waals surface area contributed by atoms with Gasteiger partial charge in [0.2, 0.25) is 0 Å². The Labute approximate surface area is 110 Å². The van der Waals surface area contributed by atoms with Gasteiger partial charge in [0.05, 0.1) is 16.8 Å². The number of carbonyl (C=O) groups is 1. The summed E-state index contributed by atoms with van der Waals surface area (Å²) in [6.45, 7) is 5.86. The van der Waals surface area contributed by atoms with Crippen molar-refractivity contribution in [1.29, 1.82) is 0 Å². The lowest BCUT2D eigenvalue weighted by atomic mass is 10.2. The number of aryl methyl sites for hydroxylation is 3. The molecule has 0 bridgehead atoms. The Kier molecular flexibility index (Phi) is 3.34. The van der Waals surface area contributed by atoms with Gasteiger partial charge in [-0.25, -0.2) is 4.98 Å². The van der Waals surface area contributed by atoms with Crippen molar-refractivity contribution in [3.63, 3.8) is 0 Å². The van der Waals surface area contributed by atoms with Gasteiger partial charge in [-0.3, -0.25) is 4.79 Å². The number of rotatable bonds is 2. The van der Waals surface area contributed by atoms with Crippen molar-refractivity contribution in [2.24, 2.45) is 0 Å². The summed E-state index contributed by atoms with van der Waals surface area (Å²) in [5.41, 5.74) is 8.20. The second-order valence-electron chi connectivity index (χ2n) is 4.24. The minimum atomic E-state index is -0.128. The van der Waals surface area contributed by atoms with Crippen LogP contribution in [0.2, 0.25) is 0 Å². The molecule has 0 aliphatic heterocycles. The van der Waals surface area contributed by atoms with Crippen LogP contribution in [-0.4, -0.2) is 10.9 Å². The number of nitrogen functional groups attached to an aromatic ring is 1. The molecule has 0 saturated heterocycles. The van der Waals surface area contributed by atoms with Crippen molar-refractivity contribution in [2.75, 3.05) is 11.1 Å². The van der Waals surface area contributed by atoms with Crippen molar-refractivity contribution in [2.45, 2.75) is 20.8 Å². The van der Waals surface area contributed by atoms with E-state index in [-0.39, 0.29) is 5.91 Å². The highest BCUT2D eigenvalue weighted by Crippen LogP contribution is 2.22. The summed E-state index contributed by atoms with van der Waals surface area (Å²) in [4.78, 5) is 18.0. The zero-order chi connectivity index (χ0) is 13.3. The van der Waals surface area contributed by atoms with E-state index in [2.05, 4.69) is 10.3 Å². The molecular formula is C13H15N3OS. The number of hydrogen-bond donors (Lipinski definition) is 2. The average molecular weight is 261 g/mol. The Balaban J connectivity index is 2.21. The van der Waals surface area contributed by atoms with Crippen LogP contribution in [0.4, 0.5) is 11.5 Å². The fourth-order valence-electron chi connectivity index (χ4n) is 1.58. The number of anilines is 2. The molecule has 0 atom stereocenters. The summed E-state index contributed by atoms with van der Waals surface area (Å²) in [6.07, 6.45) is 1.54. The molecule has 0 aliphatic rings. The van der Waals surface area contributed by atoms with Crippen molar-refractivity contribution < 1.29 is 4.79 Å². The van der Waals surface area contributed by atoms with Crippen LogP contribution in [0.5, 0.6) is 0 Å². The number of nitrogens with two attached hydrogens (primary N) is 1. The van der Waals surface area contributed by atoms with E-state index in [4.69, 9.17) is 5.73 Å². The van der Waals surface area contributed by atoms with E-state index in [1.165, 1.54) is 17.5 Å². The molecule has 4 nitrogen and oxygen atoms in total. The lowest BCUT2D eigenvalue weighted by Crippen LogP contribution is -2.12. The Hall–Kier alpha value is -1.88. The first-order chi connectivity index (χ1) is 8.47. The Morgan fingerprint density at radius 2 is 2.00 bits per heavy atom. The van der Waals surface area contributed by atoms with Crippen LogP contribution in [0.15, 0.2) is 18.3 Å². The van der Waals surface area contributed by atoms with E-state index < -0.39 is 0 Å². The molecule has 2 heterocycles. The first-order valence-electron chi connectivity index (χ1n) is 5.58. The summed E-state index contributed by atoms with van der Waals surface area (Å²) in [5, 5.41) is 2.80. The predicted molar refractivity (Wildman–Crippen MR) is 75.1 cm³/mol. The van der Waals surface area contributed by atoms with Crippen molar-refractivity contribution in [3.8, 4) is 0 Å². The SMILES string of the molecule is Cc1cc(N)cnc1NC(=O)c1cc(C)c(C)s1. The zero-order valence-corrected chi connectivity index (χ0v) is 11.4. The van der Waals surface area contributed by atoms with E-state index >= 15 is 0 Å². The fraction of sp³-hybridized carbons (Fsp3) is 0.231. The van der Waals surface area contributed by atoms with Gasteiger partial charge in [-0.15, -0.1) is 11.3 Å². The van der Waals surface area contributed by atoms with Gasteiger partial charge in [-0.2, -0.15) is 0 Å². The van der Waals surface area contributed by atoms with Crippen LogP contribution in [0, 0.1) is 20.8 Å². The summed E-state index contributed by atoms with van der Waals surface area (Å²) in [7, 11) is 0. The van der Waals surface area contributed by atoms with E-state index in [9.17, 15) is 4.79 Å². The number of nitrogens with zero attached hydrogens (tertiary/aromatic N) is 1. The first-order valence-corrected chi connectivity index (χ1v) is 6.39. The largest absolute Gasteiger partial charge is 0.397 e. The molecule has 18 heavy (non-hydrogen) atoms. The van der Waals surface area contributed by atoms with Crippen molar-refractivity contribution in [3.05, 3.63) is 39.2 Å². The maximum atomic E-state index is 12.0. The highest BCUT2D eigenvalue weighted by Gasteiger charge is 2.12. The summed E-state index contributed by atoms with van der Waals surface area (Å²) in [6, 6.07) is 3.68. The summed E-state index contributed by atoms with van der Waals surface area (Å²) < 4.78 is 0. The fourth-order valence-corrected chi connectivity index (χ4v) is 2.51. The molecule has 0 spiro atoms. The third-order valence-electron chi connectivity index (χ3n) is 2.72. The van der Waals surface area contributed by atoms with Gasteiger partial charge in [0.1, 0.15) is 5.82 Å². The monoisotopic (exact) mass is 261 g/mol. The van der Waals surface area contributed by atoms with E-state index in [1.807, 2.05) is 26.8 Å². The maximum Gasteiger partial charge on any atom is 0.266 e. The molecule has 0 aromatic carbocycles. The quantitative estimate of drug-likeness (QED) is 0.873. The zero-order valence-electron chi connectivity index (χ0n) is 10.6. The van der Waals surface area contributed by atoms with Crippen molar-refractivity contribution >= 4 is 28.7 Å². The number of carbonyl (C=O) groups excluding carboxylic acids is 1. The molecule has 0 radical (unpaired) electrons. The molecular weight excluding hydrogens is 246 g/mol. The maximum absolute atomic E-state index is 12.0. The molecule has 0 fully saturated rings. The first kappa shape index (κ1) is 12.6. The molecule has 2 aromatic heterocycles. The minimum absolute atomic E-state index is 0.128. The van der Waals surface area contributed by atoms with E-state index in [1.54, 1.807) is 6.07 Å². The highest BCUT2D eigenvalue weighted by molar-refractivity contribution is 7.14. The van der Waals surface area contributed by atoms with Gasteiger partial charge >= 0.3 is 0 Å². The normalized spacial score (nSPS) is 10.4. The average Bonchev–Trinajstić information content (AvgIpc) is 2.63. The van der Waals surface area contributed by atoms with Crippen LogP contribution >= 0.6 is 11.3 Å². The molecule has 0 unspecified atom stereocenters. The predicted octanol–water partition coefficient (Wildman–Crippen LogP) is 2.90. The number of thiophene rings is 1.